The van der Waals surface area contributed by atoms with E-state index in [4.69, 9.17) is 9.52 Å². The topological polar surface area (TPSA) is 106 Å². The molecular weight excluding hydrogens is 260 g/mol. The Bertz CT molecular complexity index is 593. The molecule has 0 fully saturated rings. The maximum Gasteiger partial charge on any atom is 0.357 e. The Morgan fingerprint density at radius 2 is 2.06 bits per heavy atom. The van der Waals surface area contributed by atoms with Gasteiger partial charge in [-0.1, -0.05) is 0 Å². The molecule has 0 unspecified atom stereocenters. The summed E-state index contributed by atoms with van der Waals surface area (Å²) in [6.45, 7) is 0. The number of carbonyl (C=O) groups is 1. The molecule has 1 heterocycles. The highest BCUT2D eigenvalue weighted by molar-refractivity contribution is 7.99. The Morgan fingerprint density at radius 3 is 2.56 bits per heavy atom. The van der Waals surface area contributed by atoms with Crippen molar-refractivity contribution in [2.24, 2.45) is 0 Å². The van der Waals surface area contributed by atoms with Crippen LogP contribution in [0.2, 0.25) is 0 Å². The molecule has 0 atom stereocenters. The van der Waals surface area contributed by atoms with E-state index in [1.54, 1.807) is 0 Å². The van der Waals surface area contributed by atoms with E-state index in [9.17, 15) is 14.9 Å². The van der Waals surface area contributed by atoms with Gasteiger partial charge in [-0.05, 0) is 23.9 Å². The predicted octanol–water partition coefficient (Wildman–Crippen LogP) is 2.43. The van der Waals surface area contributed by atoms with Crippen LogP contribution < -0.4 is 0 Å². The van der Waals surface area contributed by atoms with Crippen molar-refractivity contribution in [3.8, 4) is 0 Å². The molecule has 1 aromatic carbocycles. The second-order valence-electron chi connectivity index (χ2n) is 3.16. The molecule has 1 N–H and O–H groups in total. The molecule has 0 aliphatic rings. The number of nitrogens with zero attached hydrogens (tertiary/aromatic N) is 2. The maximum absolute atomic E-state index is 10.6. The van der Waals surface area contributed by atoms with E-state index >= 15 is 0 Å². The van der Waals surface area contributed by atoms with Crippen molar-refractivity contribution in [2.45, 2.75) is 10.1 Å². The summed E-state index contributed by atoms with van der Waals surface area (Å²) in [7, 11) is 0. The lowest BCUT2D eigenvalue weighted by atomic mass is 10.3. The first kappa shape index (κ1) is 12.1. The lowest BCUT2D eigenvalue weighted by molar-refractivity contribution is -0.384. The number of non-ortho nitro benzene ring substituents is 1. The molecule has 0 radical (unpaired) electrons. The molecule has 1 aromatic heterocycles. The first-order chi connectivity index (χ1) is 8.56. The lowest BCUT2D eigenvalue weighted by Crippen LogP contribution is -1.95. The van der Waals surface area contributed by atoms with Crippen molar-refractivity contribution in [1.29, 1.82) is 0 Å². The third-order valence-corrected chi connectivity index (χ3v) is 2.82. The number of rotatable bonds is 4. The number of aromatic carboxylic acids is 1. The van der Waals surface area contributed by atoms with E-state index in [-0.39, 0.29) is 16.6 Å². The van der Waals surface area contributed by atoms with Gasteiger partial charge in [0.25, 0.3) is 10.9 Å². The van der Waals surface area contributed by atoms with Crippen LogP contribution in [0.4, 0.5) is 5.69 Å². The van der Waals surface area contributed by atoms with E-state index in [1.165, 1.54) is 24.3 Å². The molecule has 0 aliphatic carbocycles. The van der Waals surface area contributed by atoms with Gasteiger partial charge in [0.05, 0.1) is 4.92 Å². The SMILES string of the molecule is O=C(O)c1coc(Sc2ccc([N+](=O)[O-])cc2)n1. The van der Waals surface area contributed by atoms with Gasteiger partial charge >= 0.3 is 5.97 Å². The summed E-state index contributed by atoms with van der Waals surface area (Å²) in [6.07, 6.45) is 1.04. The number of oxazole rings is 1. The van der Waals surface area contributed by atoms with Crippen molar-refractivity contribution in [3.63, 3.8) is 0 Å². The number of nitro benzene ring substituents is 1. The van der Waals surface area contributed by atoms with Crippen LogP contribution in [0.3, 0.4) is 0 Å². The highest BCUT2D eigenvalue weighted by Gasteiger charge is 2.12. The Labute approximate surface area is 105 Å². The van der Waals surface area contributed by atoms with Crippen molar-refractivity contribution in [2.75, 3.05) is 0 Å². The molecule has 0 saturated heterocycles. The van der Waals surface area contributed by atoms with Gasteiger partial charge in [-0.25, -0.2) is 4.79 Å². The van der Waals surface area contributed by atoms with Gasteiger partial charge in [0.15, 0.2) is 5.69 Å². The van der Waals surface area contributed by atoms with Crippen molar-refractivity contribution < 1.29 is 19.2 Å². The summed E-state index contributed by atoms with van der Waals surface area (Å²) in [4.78, 5) is 24.9. The van der Waals surface area contributed by atoms with Crippen molar-refractivity contribution in [3.05, 3.63) is 46.3 Å². The molecule has 2 rings (SSSR count). The Kier molecular flexibility index (Phi) is 3.28. The van der Waals surface area contributed by atoms with E-state index in [2.05, 4.69) is 4.98 Å². The molecule has 8 heteroatoms. The monoisotopic (exact) mass is 266 g/mol. The van der Waals surface area contributed by atoms with Crippen molar-refractivity contribution in [1.82, 2.24) is 4.98 Å². The van der Waals surface area contributed by atoms with E-state index < -0.39 is 10.9 Å². The zero-order chi connectivity index (χ0) is 13.1. The minimum absolute atomic E-state index is 0.0158. The van der Waals surface area contributed by atoms with Gasteiger partial charge in [0.2, 0.25) is 0 Å². The molecule has 0 aliphatic heterocycles. The van der Waals surface area contributed by atoms with Crippen molar-refractivity contribution >= 4 is 23.4 Å². The molecule has 0 bridgehead atoms. The molecule has 2 aromatic rings. The molecule has 0 amide bonds. The standard InChI is InChI=1S/C10H6N2O5S/c13-9(14)8-5-17-10(11-8)18-7-3-1-6(2-4-7)12(15)16/h1-5H,(H,13,14). The van der Waals surface area contributed by atoms with E-state index in [1.807, 2.05) is 0 Å². The number of hydrogen-bond acceptors (Lipinski definition) is 6. The Morgan fingerprint density at radius 1 is 1.39 bits per heavy atom. The second kappa shape index (κ2) is 4.88. The molecule has 18 heavy (non-hydrogen) atoms. The maximum atomic E-state index is 10.6. The highest BCUT2D eigenvalue weighted by atomic mass is 32.2. The van der Waals surface area contributed by atoms with Crippen LogP contribution in [-0.4, -0.2) is 21.0 Å². The summed E-state index contributed by atoms with van der Waals surface area (Å²) < 4.78 is 4.94. The van der Waals surface area contributed by atoms with Crippen LogP contribution in [0.1, 0.15) is 10.5 Å². The average Bonchev–Trinajstić information content (AvgIpc) is 2.78. The second-order valence-corrected chi connectivity index (χ2v) is 4.18. The molecule has 0 saturated carbocycles. The fourth-order valence-corrected chi connectivity index (χ4v) is 1.85. The van der Waals surface area contributed by atoms with Gasteiger partial charge in [0, 0.05) is 17.0 Å². The number of nitro groups is 1. The van der Waals surface area contributed by atoms with Gasteiger partial charge in [-0.15, -0.1) is 0 Å². The van der Waals surface area contributed by atoms with Crippen LogP contribution in [0.5, 0.6) is 0 Å². The summed E-state index contributed by atoms with van der Waals surface area (Å²) >= 11 is 1.08. The van der Waals surface area contributed by atoms with E-state index in [0.29, 0.717) is 4.90 Å². The summed E-state index contributed by atoms with van der Waals surface area (Å²) in [5, 5.41) is 19.3. The smallest absolute Gasteiger partial charge is 0.357 e. The normalized spacial score (nSPS) is 10.2. The van der Waals surface area contributed by atoms with Gasteiger partial charge < -0.3 is 9.52 Å². The minimum atomic E-state index is -1.17. The van der Waals surface area contributed by atoms with Gasteiger partial charge in [0.1, 0.15) is 6.26 Å². The number of carboxylic acid groups (broad SMARTS) is 1. The predicted molar refractivity (Wildman–Crippen MR) is 60.7 cm³/mol. The number of carboxylic acids is 1. The van der Waals surface area contributed by atoms with Gasteiger partial charge in [-0.2, -0.15) is 4.98 Å². The average molecular weight is 266 g/mol. The molecule has 0 spiro atoms. The Hall–Kier alpha value is -2.35. The van der Waals surface area contributed by atoms with E-state index in [0.717, 1.165) is 18.0 Å². The minimum Gasteiger partial charge on any atom is -0.476 e. The summed E-state index contributed by atoms with van der Waals surface area (Å²) in [5.74, 6) is -1.17. The highest BCUT2D eigenvalue weighted by Crippen LogP contribution is 2.28. The number of hydrogen-bond donors (Lipinski definition) is 1. The fraction of sp³-hybridized carbons (Fsp3) is 0. The lowest BCUT2D eigenvalue weighted by Gasteiger charge is -1.95. The van der Waals surface area contributed by atoms with Crippen LogP contribution in [-0.2, 0) is 0 Å². The third-order valence-electron chi connectivity index (χ3n) is 1.95. The fourth-order valence-electron chi connectivity index (χ4n) is 1.14. The first-order valence-corrected chi connectivity index (χ1v) is 5.49. The van der Waals surface area contributed by atoms with Gasteiger partial charge in [-0.3, -0.25) is 10.1 Å². The largest absolute Gasteiger partial charge is 0.476 e. The molecule has 92 valence electrons. The Balaban J connectivity index is 2.13. The molecular formula is C10H6N2O5S. The van der Waals surface area contributed by atoms with Crippen LogP contribution in [0.25, 0.3) is 0 Å². The number of benzene rings is 1. The first-order valence-electron chi connectivity index (χ1n) is 4.67. The quantitative estimate of drug-likeness (QED) is 0.668. The molecule has 7 nitrogen and oxygen atoms in total. The summed E-state index contributed by atoms with van der Waals surface area (Å²) in [6, 6.07) is 5.77. The number of aromatic nitrogens is 1. The summed E-state index contributed by atoms with van der Waals surface area (Å²) in [5.41, 5.74) is -0.197. The third kappa shape index (κ3) is 2.66. The zero-order valence-corrected chi connectivity index (χ0v) is 9.59. The van der Waals surface area contributed by atoms with Crippen LogP contribution in [0.15, 0.2) is 45.1 Å². The van der Waals surface area contributed by atoms with Crippen LogP contribution >= 0.6 is 11.8 Å². The zero-order valence-electron chi connectivity index (χ0n) is 8.77. The van der Waals surface area contributed by atoms with Crippen LogP contribution in [0, 0.1) is 10.1 Å².